The molecule has 0 radical (unpaired) electrons. The lowest BCUT2D eigenvalue weighted by molar-refractivity contribution is -0.137. The quantitative estimate of drug-likeness (QED) is 0.202. The van der Waals surface area contributed by atoms with Crippen molar-refractivity contribution < 1.29 is 18.0 Å². The molecule has 5 rings (SSSR count). The molecule has 0 unspecified atom stereocenters. The van der Waals surface area contributed by atoms with Gasteiger partial charge in [0, 0.05) is 28.6 Å². The monoisotopic (exact) mass is 497 g/mol. The molecule has 1 amide bonds. The lowest BCUT2D eigenvalue weighted by Crippen LogP contribution is -2.23. The first kappa shape index (κ1) is 24.1. The van der Waals surface area contributed by atoms with Crippen LogP contribution in [-0.4, -0.2) is 16.2 Å². The summed E-state index contributed by atoms with van der Waals surface area (Å²) in [4.78, 5) is 13.4. The molecular weight excluding hydrogens is 475 g/mol. The molecule has 1 N–H and O–H groups in total. The summed E-state index contributed by atoms with van der Waals surface area (Å²) < 4.78 is 41.2. The minimum absolute atomic E-state index is 0.355. The molecule has 0 fully saturated rings. The minimum Gasteiger partial charge on any atom is -0.332 e. The summed E-state index contributed by atoms with van der Waals surface area (Å²) in [5, 5.41) is 5.29. The Hall–Kier alpha value is -4.65. The Labute approximate surface area is 211 Å². The first-order valence-corrected chi connectivity index (χ1v) is 11.6. The number of nitrogens with one attached hydrogen (secondary N) is 1. The maximum Gasteiger partial charge on any atom is 0.416 e. The van der Waals surface area contributed by atoms with Crippen LogP contribution in [0.5, 0.6) is 0 Å². The molecule has 37 heavy (non-hydrogen) atoms. The predicted molar refractivity (Wildman–Crippen MR) is 138 cm³/mol. The molecule has 0 aliphatic carbocycles. The van der Waals surface area contributed by atoms with Gasteiger partial charge in [-0.2, -0.15) is 18.3 Å². The van der Waals surface area contributed by atoms with Crippen molar-refractivity contribution in [3.05, 3.63) is 143 Å². The molecule has 1 heterocycles. The van der Waals surface area contributed by atoms with Crippen molar-refractivity contribution >= 4 is 22.5 Å². The van der Waals surface area contributed by atoms with Crippen LogP contribution in [0.15, 0.2) is 120 Å². The van der Waals surface area contributed by atoms with Gasteiger partial charge >= 0.3 is 6.18 Å². The first-order valence-electron chi connectivity index (χ1n) is 11.6. The Morgan fingerprint density at radius 3 is 2.03 bits per heavy atom. The number of aromatic nitrogens is 1. The number of hydrogen-bond acceptors (Lipinski definition) is 2. The van der Waals surface area contributed by atoms with Gasteiger partial charge in [0.15, 0.2) is 0 Å². The fourth-order valence-electron chi connectivity index (χ4n) is 4.21. The van der Waals surface area contributed by atoms with E-state index in [1.165, 1.54) is 12.1 Å². The Kier molecular flexibility index (Phi) is 6.60. The Bertz CT molecular complexity index is 1560. The van der Waals surface area contributed by atoms with Crippen LogP contribution in [0.2, 0.25) is 0 Å². The first-order chi connectivity index (χ1) is 17.9. The molecular formula is C30H22F3N3O. The zero-order chi connectivity index (χ0) is 25.8. The van der Waals surface area contributed by atoms with Crippen LogP contribution in [0.25, 0.3) is 10.9 Å². The minimum atomic E-state index is -4.44. The van der Waals surface area contributed by atoms with Gasteiger partial charge in [0.25, 0.3) is 5.91 Å². The van der Waals surface area contributed by atoms with Crippen LogP contribution in [-0.2, 0) is 12.7 Å². The highest BCUT2D eigenvalue weighted by Gasteiger charge is 2.30. The number of carbonyl (C=O) groups is 1. The van der Waals surface area contributed by atoms with E-state index in [2.05, 4.69) is 10.5 Å². The van der Waals surface area contributed by atoms with E-state index in [-0.39, 0.29) is 0 Å². The van der Waals surface area contributed by atoms with E-state index in [9.17, 15) is 18.0 Å². The number of benzene rings is 4. The number of hydrogen-bond donors (Lipinski definition) is 1. The molecule has 7 heteroatoms. The summed E-state index contributed by atoms with van der Waals surface area (Å²) in [5.41, 5.74) is 5.72. The summed E-state index contributed by atoms with van der Waals surface area (Å²) in [6.45, 7) is 0.491. The molecule has 4 nitrogen and oxygen atoms in total. The summed E-state index contributed by atoms with van der Waals surface area (Å²) in [6.07, 6.45) is -4.44. The van der Waals surface area contributed by atoms with Crippen LogP contribution in [0.1, 0.15) is 32.7 Å². The van der Waals surface area contributed by atoms with Gasteiger partial charge < -0.3 is 4.57 Å². The van der Waals surface area contributed by atoms with E-state index in [0.717, 1.165) is 28.6 Å². The summed E-state index contributed by atoms with van der Waals surface area (Å²) in [7, 11) is 0. The van der Waals surface area contributed by atoms with E-state index in [1.807, 2.05) is 71.3 Å². The zero-order valence-electron chi connectivity index (χ0n) is 19.6. The van der Waals surface area contributed by atoms with E-state index >= 15 is 0 Å². The Morgan fingerprint density at radius 2 is 1.35 bits per heavy atom. The number of fused-ring (bicyclic) bond motifs is 1. The highest BCUT2D eigenvalue weighted by molar-refractivity contribution is 6.13. The molecule has 0 bridgehead atoms. The number of alkyl halides is 3. The Morgan fingerprint density at radius 1 is 0.757 bits per heavy atom. The van der Waals surface area contributed by atoms with Crippen LogP contribution in [0.4, 0.5) is 13.2 Å². The number of carbonyl (C=O) groups excluding carboxylic acids is 1. The van der Waals surface area contributed by atoms with Crippen molar-refractivity contribution in [2.45, 2.75) is 12.7 Å². The predicted octanol–water partition coefficient (Wildman–Crippen LogP) is 6.89. The second kappa shape index (κ2) is 10.1. The molecule has 4 aromatic carbocycles. The van der Waals surface area contributed by atoms with E-state index < -0.39 is 17.6 Å². The summed E-state index contributed by atoms with van der Waals surface area (Å²) in [5.74, 6) is -0.424. The molecule has 0 aliphatic heterocycles. The van der Waals surface area contributed by atoms with Crippen molar-refractivity contribution in [1.29, 1.82) is 0 Å². The second-order valence-corrected chi connectivity index (χ2v) is 8.50. The maximum atomic E-state index is 13.4. The molecule has 0 atom stereocenters. The van der Waals surface area contributed by atoms with Crippen molar-refractivity contribution in [1.82, 2.24) is 9.99 Å². The van der Waals surface area contributed by atoms with Crippen molar-refractivity contribution in [3.8, 4) is 0 Å². The molecule has 0 saturated heterocycles. The largest absolute Gasteiger partial charge is 0.416 e. The second-order valence-electron chi connectivity index (χ2n) is 8.50. The molecule has 0 saturated carbocycles. The summed E-state index contributed by atoms with van der Waals surface area (Å²) in [6, 6.07) is 33.1. The van der Waals surface area contributed by atoms with Crippen LogP contribution in [0, 0.1) is 0 Å². The molecule has 0 spiro atoms. The van der Waals surface area contributed by atoms with E-state index in [0.29, 0.717) is 29.1 Å². The third-order valence-electron chi connectivity index (χ3n) is 6.03. The van der Waals surface area contributed by atoms with Gasteiger partial charge in [-0.25, -0.2) is 5.43 Å². The van der Waals surface area contributed by atoms with Crippen molar-refractivity contribution in [2.24, 2.45) is 5.10 Å². The van der Waals surface area contributed by atoms with Crippen LogP contribution in [0.3, 0.4) is 0 Å². The highest BCUT2D eigenvalue weighted by atomic mass is 19.4. The summed E-state index contributed by atoms with van der Waals surface area (Å²) >= 11 is 0. The van der Waals surface area contributed by atoms with Gasteiger partial charge in [0.1, 0.15) is 5.69 Å². The maximum absolute atomic E-state index is 13.4. The van der Waals surface area contributed by atoms with Gasteiger partial charge in [-0.15, -0.1) is 0 Å². The number of nitrogens with zero attached hydrogens (tertiary/aromatic N) is 2. The smallest absolute Gasteiger partial charge is 0.332 e. The van der Waals surface area contributed by atoms with Gasteiger partial charge in [-0.1, -0.05) is 91.0 Å². The average molecular weight is 498 g/mol. The molecule has 184 valence electrons. The van der Waals surface area contributed by atoms with Gasteiger partial charge in [-0.05, 0) is 29.8 Å². The van der Waals surface area contributed by atoms with E-state index in [1.54, 1.807) is 24.3 Å². The van der Waals surface area contributed by atoms with Crippen molar-refractivity contribution in [3.63, 3.8) is 0 Å². The van der Waals surface area contributed by atoms with Crippen LogP contribution < -0.4 is 5.43 Å². The number of hydrazone groups is 1. The zero-order valence-corrected chi connectivity index (χ0v) is 19.6. The number of rotatable bonds is 6. The highest BCUT2D eigenvalue weighted by Crippen LogP contribution is 2.29. The topological polar surface area (TPSA) is 46.4 Å². The van der Waals surface area contributed by atoms with Gasteiger partial charge in [0.2, 0.25) is 0 Å². The SMILES string of the molecule is O=C(NN=C(c1ccccc1)c1ccc(C(F)(F)F)cc1)c1cc2ccccc2n1Cc1ccccc1. The van der Waals surface area contributed by atoms with E-state index in [4.69, 9.17) is 0 Å². The third kappa shape index (κ3) is 5.30. The lowest BCUT2D eigenvalue weighted by atomic mass is 10.0. The number of amides is 1. The normalized spacial score (nSPS) is 12.0. The Balaban J connectivity index is 1.51. The average Bonchev–Trinajstić information content (AvgIpc) is 3.28. The van der Waals surface area contributed by atoms with Gasteiger partial charge in [0.05, 0.1) is 11.3 Å². The van der Waals surface area contributed by atoms with Gasteiger partial charge in [-0.3, -0.25) is 4.79 Å². The van der Waals surface area contributed by atoms with Crippen LogP contribution >= 0.6 is 0 Å². The fraction of sp³-hybridized carbons (Fsp3) is 0.0667. The fourth-order valence-corrected chi connectivity index (χ4v) is 4.21. The third-order valence-corrected chi connectivity index (χ3v) is 6.03. The molecule has 0 aliphatic rings. The standard InChI is InChI=1S/C30H22F3N3O/c31-30(32,33)25-17-15-23(16-18-25)28(22-11-5-2-6-12-22)34-35-29(37)27-19-24-13-7-8-14-26(24)36(27)20-21-9-3-1-4-10-21/h1-19H,20H2,(H,35,37). The molecule has 1 aromatic heterocycles. The van der Waals surface area contributed by atoms with Crippen molar-refractivity contribution in [2.75, 3.05) is 0 Å². The number of halogens is 3. The lowest BCUT2D eigenvalue weighted by Gasteiger charge is -2.12. The number of para-hydroxylation sites is 1. The molecule has 5 aromatic rings.